The molecule has 1 atom stereocenters. The fourth-order valence-electron chi connectivity index (χ4n) is 1.99. The maximum absolute atomic E-state index is 13.2. The molecule has 0 fully saturated rings. The molecule has 106 valence electrons. The second-order valence-corrected chi connectivity index (χ2v) is 4.65. The molecule has 0 amide bonds. The van der Waals surface area contributed by atoms with Crippen molar-refractivity contribution in [2.45, 2.75) is 19.5 Å². The van der Waals surface area contributed by atoms with Crippen LogP contribution >= 0.6 is 0 Å². The molecule has 2 aromatic rings. The highest BCUT2D eigenvalue weighted by molar-refractivity contribution is 5.39. The predicted octanol–water partition coefficient (Wildman–Crippen LogP) is 3.39. The lowest BCUT2D eigenvalue weighted by molar-refractivity contribution is 0.409. The molecule has 20 heavy (non-hydrogen) atoms. The fourth-order valence-corrected chi connectivity index (χ4v) is 1.99. The summed E-state index contributed by atoms with van der Waals surface area (Å²) >= 11 is 0. The maximum atomic E-state index is 13.2. The monoisotopic (exact) mass is 275 g/mol. The molecule has 0 aliphatic rings. The van der Waals surface area contributed by atoms with E-state index in [0.29, 0.717) is 12.3 Å². The third-order valence-electron chi connectivity index (χ3n) is 3.23. The van der Waals surface area contributed by atoms with E-state index in [9.17, 15) is 9.50 Å². The summed E-state index contributed by atoms with van der Waals surface area (Å²) in [6.07, 6.45) is 0. The molecule has 2 N–H and O–H groups in total. The van der Waals surface area contributed by atoms with Gasteiger partial charge in [-0.25, -0.2) is 4.39 Å². The van der Waals surface area contributed by atoms with E-state index in [2.05, 4.69) is 5.32 Å². The predicted molar refractivity (Wildman–Crippen MR) is 76.3 cm³/mol. The van der Waals surface area contributed by atoms with Crippen LogP contribution in [0.4, 0.5) is 4.39 Å². The van der Waals surface area contributed by atoms with Crippen LogP contribution in [0.3, 0.4) is 0 Å². The van der Waals surface area contributed by atoms with E-state index in [0.717, 1.165) is 11.1 Å². The van der Waals surface area contributed by atoms with Gasteiger partial charge in [0, 0.05) is 18.2 Å². The van der Waals surface area contributed by atoms with Crippen LogP contribution < -0.4 is 10.1 Å². The van der Waals surface area contributed by atoms with Crippen LogP contribution in [0, 0.1) is 5.82 Å². The second-order valence-electron chi connectivity index (χ2n) is 4.65. The minimum Gasteiger partial charge on any atom is -0.508 e. The number of nitrogens with one attached hydrogen (secondary N) is 1. The van der Waals surface area contributed by atoms with Crippen molar-refractivity contribution >= 4 is 0 Å². The van der Waals surface area contributed by atoms with Gasteiger partial charge in [0.05, 0.1) is 7.11 Å². The van der Waals surface area contributed by atoms with E-state index in [1.807, 2.05) is 13.0 Å². The Morgan fingerprint density at radius 3 is 2.75 bits per heavy atom. The van der Waals surface area contributed by atoms with Gasteiger partial charge in [0.15, 0.2) is 0 Å². The van der Waals surface area contributed by atoms with Gasteiger partial charge in [-0.3, -0.25) is 0 Å². The molecule has 0 aliphatic heterocycles. The van der Waals surface area contributed by atoms with Crippen molar-refractivity contribution < 1.29 is 14.2 Å². The van der Waals surface area contributed by atoms with E-state index in [-0.39, 0.29) is 17.6 Å². The molecule has 2 aromatic carbocycles. The highest BCUT2D eigenvalue weighted by Gasteiger charge is 2.08. The maximum Gasteiger partial charge on any atom is 0.123 e. The Morgan fingerprint density at radius 1 is 1.25 bits per heavy atom. The zero-order valence-corrected chi connectivity index (χ0v) is 11.6. The van der Waals surface area contributed by atoms with E-state index in [4.69, 9.17) is 4.74 Å². The summed E-state index contributed by atoms with van der Waals surface area (Å²) < 4.78 is 18.3. The largest absolute Gasteiger partial charge is 0.508 e. The second kappa shape index (κ2) is 6.39. The van der Waals surface area contributed by atoms with Gasteiger partial charge in [-0.15, -0.1) is 0 Å². The first-order valence-electron chi connectivity index (χ1n) is 6.45. The number of benzene rings is 2. The first-order valence-corrected chi connectivity index (χ1v) is 6.45. The first-order chi connectivity index (χ1) is 9.60. The number of hydrogen-bond donors (Lipinski definition) is 2. The Labute approximate surface area is 118 Å². The van der Waals surface area contributed by atoms with E-state index in [1.54, 1.807) is 31.4 Å². The molecule has 0 heterocycles. The third-order valence-corrected chi connectivity index (χ3v) is 3.23. The SMILES string of the molecule is COc1ccc(O)c(CNC(C)c2cccc(F)c2)c1. The Balaban J connectivity index is 2.05. The van der Waals surface area contributed by atoms with Crippen molar-refractivity contribution in [3.05, 3.63) is 59.4 Å². The standard InChI is InChI=1S/C16H18FNO2/c1-11(12-4-3-5-14(17)8-12)18-10-13-9-15(20-2)6-7-16(13)19/h3-9,11,18-19H,10H2,1-2H3. The number of halogens is 1. The molecule has 3 nitrogen and oxygen atoms in total. The third kappa shape index (κ3) is 3.48. The zero-order chi connectivity index (χ0) is 14.5. The highest BCUT2D eigenvalue weighted by Crippen LogP contribution is 2.23. The molecular formula is C16H18FNO2. The smallest absolute Gasteiger partial charge is 0.123 e. The van der Waals surface area contributed by atoms with Gasteiger partial charge in [-0.05, 0) is 42.8 Å². The summed E-state index contributed by atoms with van der Waals surface area (Å²) in [6.45, 7) is 2.42. The Bertz CT molecular complexity index is 586. The van der Waals surface area contributed by atoms with Crippen molar-refractivity contribution in [2.75, 3.05) is 7.11 Å². The summed E-state index contributed by atoms with van der Waals surface area (Å²) in [4.78, 5) is 0. The molecule has 0 saturated heterocycles. The summed E-state index contributed by atoms with van der Waals surface area (Å²) in [5.74, 6) is 0.656. The average molecular weight is 275 g/mol. The van der Waals surface area contributed by atoms with Crippen molar-refractivity contribution in [3.63, 3.8) is 0 Å². The van der Waals surface area contributed by atoms with Gasteiger partial charge >= 0.3 is 0 Å². The van der Waals surface area contributed by atoms with Crippen LogP contribution in [0.5, 0.6) is 11.5 Å². The number of ether oxygens (including phenoxy) is 1. The quantitative estimate of drug-likeness (QED) is 0.879. The van der Waals surface area contributed by atoms with Crippen LogP contribution in [0.25, 0.3) is 0 Å². The molecule has 2 rings (SSSR count). The molecule has 1 unspecified atom stereocenters. The van der Waals surface area contributed by atoms with Crippen molar-refractivity contribution in [1.82, 2.24) is 5.32 Å². The first kappa shape index (κ1) is 14.3. The number of phenols is 1. The Hall–Kier alpha value is -2.07. The minimum atomic E-state index is -0.250. The molecule has 0 saturated carbocycles. The van der Waals surface area contributed by atoms with Gasteiger partial charge in [-0.2, -0.15) is 0 Å². The lowest BCUT2D eigenvalue weighted by atomic mass is 10.1. The number of aromatic hydroxyl groups is 1. The molecule has 0 radical (unpaired) electrons. The van der Waals surface area contributed by atoms with Crippen LogP contribution in [-0.4, -0.2) is 12.2 Å². The topological polar surface area (TPSA) is 41.5 Å². The zero-order valence-electron chi connectivity index (χ0n) is 11.6. The van der Waals surface area contributed by atoms with Crippen LogP contribution in [-0.2, 0) is 6.54 Å². The summed E-state index contributed by atoms with van der Waals surface area (Å²) in [6, 6.07) is 11.5. The number of phenolic OH excluding ortho intramolecular Hbond substituents is 1. The van der Waals surface area contributed by atoms with Crippen LogP contribution in [0.2, 0.25) is 0 Å². The highest BCUT2D eigenvalue weighted by atomic mass is 19.1. The van der Waals surface area contributed by atoms with Gasteiger partial charge in [-0.1, -0.05) is 12.1 Å². The van der Waals surface area contributed by atoms with Gasteiger partial charge in [0.2, 0.25) is 0 Å². The van der Waals surface area contributed by atoms with E-state index < -0.39 is 0 Å². The molecule has 0 spiro atoms. The summed E-state index contributed by atoms with van der Waals surface area (Å²) in [7, 11) is 1.58. The Kier molecular flexibility index (Phi) is 4.58. The van der Waals surface area contributed by atoms with E-state index >= 15 is 0 Å². The molecule has 0 aliphatic carbocycles. The molecule has 0 bridgehead atoms. The normalized spacial score (nSPS) is 12.2. The average Bonchev–Trinajstić information content (AvgIpc) is 2.46. The van der Waals surface area contributed by atoms with E-state index in [1.165, 1.54) is 12.1 Å². The number of rotatable bonds is 5. The Morgan fingerprint density at radius 2 is 2.05 bits per heavy atom. The lowest BCUT2D eigenvalue weighted by Gasteiger charge is -2.15. The number of methoxy groups -OCH3 is 1. The van der Waals surface area contributed by atoms with Crippen molar-refractivity contribution in [2.24, 2.45) is 0 Å². The number of hydrogen-bond acceptors (Lipinski definition) is 3. The summed E-state index contributed by atoms with van der Waals surface area (Å²) in [5, 5.41) is 13.1. The van der Waals surface area contributed by atoms with Crippen LogP contribution in [0.1, 0.15) is 24.1 Å². The van der Waals surface area contributed by atoms with Crippen molar-refractivity contribution in [1.29, 1.82) is 0 Å². The van der Waals surface area contributed by atoms with Gasteiger partial charge in [0.1, 0.15) is 17.3 Å². The summed E-state index contributed by atoms with van der Waals surface area (Å²) in [5.41, 5.74) is 1.61. The molecule has 4 heteroatoms. The lowest BCUT2D eigenvalue weighted by Crippen LogP contribution is -2.18. The van der Waals surface area contributed by atoms with Crippen molar-refractivity contribution in [3.8, 4) is 11.5 Å². The minimum absolute atomic E-state index is 0.0173. The molecule has 0 aromatic heterocycles. The van der Waals surface area contributed by atoms with Gasteiger partial charge in [0.25, 0.3) is 0 Å². The van der Waals surface area contributed by atoms with Crippen LogP contribution in [0.15, 0.2) is 42.5 Å². The molecular weight excluding hydrogens is 257 g/mol. The van der Waals surface area contributed by atoms with Gasteiger partial charge < -0.3 is 15.2 Å². The fraction of sp³-hybridized carbons (Fsp3) is 0.250.